The predicted octanol–water partition coefficient (Wildman–Crippen LogP) is 7.91. The second-order valence-corrected chi connectivity index (χ2v) is 27.7. The number of nitrogens with zero attached hydrogens (tertiary/aromatic N) is 2. The van der Waals surface area contributed by atoms with E-state index in [1.165, 1.54) is 49.3 Å². The summed E-state index contributed by atoms with van der Waals surface area (Å²) in [5, 5.41) is 3.88. The van der Waals surface area contributed by atoms with Crippen LogP contribution in [0.1, 0.15) is 62.3 Å². The number of anilines is 2. The molecule has 0 atom stereocenters. The molecule has 0 aromatic heterocycles. The van der Waals surface area contributed by atoms with Crippen LogP contribution in [0.2, 0.25) is 0 Å². The van der Waals surface area contributed by atoms with Crippen LogP contribution in [-0.4, -0.2) is 83.3 Å². The fourth-order valence-electron chi connectivity index (χ4n) is 8.32. The molecule has 0 amide bonds. The zero-order chi connectivity index (χ0) is 54.7. The summed E-state index contributed by atoms with van der Waals surface area (Å²) in [5.41, 5.74) is -3.36. The molecule has 7 rings (SSSR count). The normalized spacial score (nSPS) is 15.2. The topological polar surface area (TPSA) is 262 Å². The first-order valence-corrected chi connectivity index (χ1v) is 30.4. The molecule has 1 fully saturated rings. The number of esters is 1. The van der Waals surface area contributed by atoms with Gasteiger partial charge in [0, 0.05) is 58.7 Å². The summed E-state index contributed by atoms with van der Waals surface area (Å²) in [7, 11) is -24.5. The largest absolute Gasteiger partial charge is 0.512 e. The molecule has 26 heteroatoms. The lowest BCUT2D eigenvalue weighted by Gasteiger charge is -2.33. The van der Waals surface area contributed by atoms with E-state index < -0.39 is 72.0 Å². The monoisotopic (exact) mass is 1120 g/mol. The van der Waals surface area contributed by atoms with Crippen molar-refractivity contribution in [3.05, 3.63) is 113 Å². The first-order valence-electron chi connectivity index (χ1n) is 22.6. The number of fused-ring (bicyclic) bond motifs is 2. The molecule has 3 aliphatic rings. The number of hydrogen-bond acceptors (Lipinski definition) is 15. The Morgan fingerprint density at radius 1 is 0.757 bits per heavy atom. The molecule has 3 N–H and O–H groups in total. The lowest BCUT2D eigenvalue weighted by Crippen LogP contribution is -2.42. The molecule has 18 nitrogen and oxygen atoms in total. The van der Waals surface area contributed by atoms with Crippen molar-refractivity contribution in [2.75, 3.05) is 24.7 Å². The van der Waals surface area contributed by atoms with Gasteiger partial charge in [-0.2, -0.15) is 17.5 Å². The number of ether oxygens (including phenoxy) is 1. The molecule has 0 saturated carbocycles. The van der Waals surface area contributed by atoms with Gasteiger partial charge in [-0.25, -0.2) is 47.1 Å². The highest BCUT2D eigenvalue weighted by Gasteiger charge is 2.48. The highest BCUT2D eigenvalue weighted by molar-refractivity contribution is 8.05. The smallest absolute Gasteiger partial charge is 0.462 e. The Morgan fingerprint density at radius 2 is 1.39 bits per heavy atom. The molecule has 2 heterocycles. The molecule has 0 bridgehead atoms. The van der Waals surface area contributed by atoms with Crippen LogP contribution in [0.5, 0.6) is 0 Å². The number of benzene rings is 5. The van der Waals surface area contributed by atoms with Crippen LogP contribution in [0, 0.1) is 33.1 Å². The molecule has 1 aliphatic carbocycles. The molecule has 0 radical (unpaired) electrons. The van der Waals surface area contributed by atoms with Crippen LogP contribution in [0.15, 0.2) is 109 Å². The van der Waals surface area contributed by atoms with Gasteiger partial charge < -0.3 is 14.5 Å². The Morgan fingerprint density at radius 3 is 2.00 bits per heavy atom. The van der Waals surface area contributed by atoms with E-state index in [2.05, 4.69) is 5.32 Å². The maximum Gasteiger partial charge on any atom is 0.512 e. The molecule has 1 saturated heterocycles. The van der Waals surface area contributed by atoms with E-state index in [-0.39, 0.29) is 86.3 Å². The predicted molar refractivity (Wildman–Crippen MR) is 271 cm³/mol. The number of aryl methyl sites for hydroxylation is 3. The quantitative estimate of drug-likeness (QED) is 0.0652. The number of rotatable bonds is 15. The summed E-state index contributed by atoms with van der Waals surface area (Å²) >= 11 is 0. The zero-order valence-electron chi connectivity index (χ0n) is 41.1. The van der Waals surface area contributed by atoms with Crippen molar-refractivity contribution in [2.24, 2.45) is 10.4 Å². The number of nitrogens with one attached hydrogen (secondary N) is 3. The number of piperidine rings is 1. The Balaban J connectivity index is 1.37. The summed E-state index contributed by atoms with van der Waals surface area (Å²) < 4.78 is 184. The molecule has 398 valence electrons. The van der Waals surface area contributed by atoms with Crippen molar-refractivity contribution < 1.29 is 69.2 Å². The number of halogens is 3. The van der Waals surface area contributed by atoms with Crippen molar-refractivity contribution in [2.45, 2.75) is 94.0 Å². The lowest BCUT2D eigenvalue weighted by atomic mass is 9.90. The van der Waals surface area contributed by atoms with Gasteiger partial charge >= 0.3 is 21.5 Å². The molecule has 4 aromatic carbocycles. The molecule has 4 aromatic rings. The first-order chi connectivity index (χ1) is 34.2. The zero-order valence-corrected chi connectivity index (χ0v) is 45.2. The second-order valence-electron chi connectivity index (χ2n) is 18.5. The second kappa shape index (κ2) is 20.1. The van der Waals surface area contributed by atoms with Crippen molar-refractivity contribution in [3.8, 4) is 22.5 Å². The summed E-state index contributed by atoms with van der Waals surface area (Å²) in [6, 6.07) is 20.8. The Hall–Kier alpha value is -5.74. The molecule has 0 spiro atoms. The summed E-state index contributed by atoms with van der Waals surface area (Å²) in [6.45, 7) is 11.6. The minimum atomic E-state index is -6.28. The van der Waals surface area contributed by atoms with Gasteiger partial charge in [0.1, 0.15) is 17.4 Å². The number of hydrogen-bond donors (Lipinski definition) is 3. The Bertz CT molecular complexity index is 3850. The van der Waals surface area contributed by atoms with Crippen LogP contribution < -0.4 is 18.9 Å². The van der Waals surface area contributed by atoms with Crippen LogP contribution in [0.3, 0.4) is 0 Å². The third-order valence-corrected chi connectivity index (χ3v) is 20.9. The third-order valence-electron chi connectivity index (χ3n) is 12.6. The fraction of sp³-hybridized carbons (Fsp3) is 0.333. The molecular formula is C48H52F3N5O13S5. The van der Waals surface area contributed by atoms with Gasteiger partial charge in [-0.3, -0.25) is 4.79 Å². The standard InChI is InChI=1S/C48H52F3N5O13S5/c1-9-47(6,7)46(57)68-34-20-22-56(23-21-34)73(64,65)42-13-11-10-12-38(42)43-36-17-15-32(52-44-29(3)24-35(25-30(44)4)71(60,61)55-74(66,67)48(49,50)51)26-39(36)69-40-27-33(16-18-37(40)43)53-45-28(2)14-19-41(31(45)5)72(62,63)54-70(8,58)59/h10-19,24-27,34,53-55H,9,20-23H2,1-8H3. The van der Waals surface area contributed by atoms with E-state index in [0.29, 0.717) is 46.1 Å². The molecular weight excluding hydrogens is 1070 g/mol. The highest BCUT2D eigenvalue weighted by Crippen LogP contribution is 2.44. The minimum absolute atomic E-state index is 0.0434. The maximum atomic E-state index is 14.8. The van der Waals surface area contributed by atoms with Crippen LogP contribution >= 0.6 is 0 Å². The van der Waals surface area contributed by atoms with E-state index in [1.807, 2.05) is 6.92 Å². The van der Waals surface area contributed by atoms with E-state index in [1.54, 1.807) is 73.4 Å². The summed E-state index contributed by atoms with van der Waals surface area (Å²) in [6.07, 6.45) is 1.32. The van der Waals surface area contributed by atoms with Crippen LogP contribution in [0.25, 0.3) is 33.4 Å². The van der Waals surface area contributed by atoms with E-state index in [0.717, 1.165) is 16.3 Å². The number of alkyl halides is 3. The fourth-order valence-corrected chi connectivity index (χ4v) is 15.3. The maximum absolute atomic E-state index is 14.8. The van der Waals surface area contributed by atoms with Crippen LogP contribution in [-0.2, 0) is 59.6 Å². The molecule has 2 aliphatic heterocycles. The van der Waals surface area contributed by atoms with Crippen molar-refractivity contribution in [1.29, 1.82) is 0 Å². The van der Waals surface area contributed by atoms with Gasteiger partial charge in [0.2, 0.25) is 20.0 Å². The van der Waals surface area contributed by atoms with E-state index in [9.17, 15) is 60.1 Å². The Labute approximate surface area is 427 Å². The third kappa shape index (κ3) is 11.6. The first kappa shape index (κ1) is 56.0. The van der Waals surface area contributed by atoms with Gasteiger partial charge in [0.25, 0.3) is 20.0 Å². The highest BCUT2D eigenvalue weighted by atomic mass is 32.3. The van der Waals surface area contributed by atoms with Gasteiger partial charge in [-0.1, -0.05) is 35.3 Å². The summed E-state index contributed by atoms with van der Waals surface area (Å²) in [5.74, 6) is -0.198. The minimum Gasteiger partial charge on any atom is -0.462 e. The average Bonchev–Trinajstić information content (AvgIpc) is 3.29. The molecule has 74 heavy (non-hydrogen) atoms. The van der Waals surface area contributed by atoms with Crippen molar-refractivity contribution in [1.82, 2.24) is 12.6 Å². The van der Waals surface area contributed by atoms with Gasteiger partial charge in [0.05, 0.1) is 37.4 Å². The van der Waals surface area contributed by atoms with Crippen molar-refractivity contribution >= 4 is 84.1 Å². The van der Waals surface area contributed by atoms with Gasteiger partial charge in [0.15, 0.2) is 0 Å². The number of carbonyl (C=O) groups is 1. The van der Waals surface area contributed by atoms with Gasteiger partial charge in [-0.05, 0) is 132 Å². The SMILES string of the molecule is CCC(C)(C)C(=O)OC1CCN(S(=O)(=O)c2ccccc2-c2c3ccc(=Nc4c(C)cc(S(=O)(=O)NS(=O)(=O)C(F)(F)F)cc4C)cc-3oc3cc(Nc4c(C)ccc(S(=O)(=O)NS(C)(=O)=O)c4C)ccc23)CC1. The van der Waals surface area contributed by atoms with Crippen LogP contribution in [0.4, 0.5) is 30.2 Å². The summed E-state index contributed by atoms with van der Waals surface area (Å²) in [4.78, 5) is 16.5. The number of sulfonamides is 5. The Kier molecular flexibility index (Phi) is 15.2. The lowest BCUT2D eigenvalue weighted by molar-refractivity contribution is -0.161. The van der Waals surface area contributed by atoms with Gasteiger partial charge in [-0.15, -0.1) is 4.13 Å². The number of carbonyl (C=O) groups excluding carboxylic acids is 1. The van der Waals surface area contributed by atoms with E-state index in [4.69, 9.17) is 14.1 Å². The van der Waals surface area contributed by atoms with Crippen molar-refractivity contribution in [3.63, 3.8) is 0 Å². The molecule has 0 unspecified atom stereocenters. The average molecular weight is 1120 g/mol. The van der Waals surface area contributed by atoms with E-state index >= 15 is 0 Å².